The standard InChI is InChI=1S/C24H29F3/c1-9-11-12-16(3)17(4)13-14-18(5)20(7)23(26)24(27)21(8)19(6)15-22(25)10-2/h10,13-16H,2,4-9,11-12H2,1,3H3/b14-13-,22-15+,24-23-. The van der Waals surface area contributed by atoms with E-state index in [1.807, 2.05) is 0 Å². The van der Waals surface area contributed by atoms with Crippen LogP contribution in [0.5, 0.6) is 0 Å². The maximum atomic E-state index is 14.4. The van der Waals surface area contributed by atoms with E-state index in [-0.39, 0.29) is 28.2 Å². The summed E-state index contributed by atoms with van der Waals surface area (Å²) < 4.78 is 41.8. The van der Waals surface area contributed by atoms with Gasteiger partial charge in [-0.05, 0) is 35.6 Å². The van der Waals surface area contributed by atoms with Crippen LogP contribution in [0.1, 0.15) is 33.1 Å². The molecule has 1 atom stereocenters. The molecule has 0 aromatic rings. The predicted octanol–water partition coefficient (Wildman–Crippen LogP) is 8.34. The van der Waals surface area contributed by atoms with Crippen LogP contribution in [-0.4, -0.2) is 0 Å². The van der Waals surface area contributed by atoms with Crippen molar-refractivity contribution in [2.45, 2.75) is 33.1 Å². The van der Waals surface area contributed by atoms with Crippen molar-refractivity contribution < 1.29 is 13.2 Å². The first-order valence-corrected chi connectivity index (χ1v) is 8.75. The van der Waals surface area contributed by atoms with Gasteiger partial charge in [0, 0.05) is 11.1 Å². The highest BCUT2D eigenvalue weighted by Gasteiger charge is 2.16. The highest BCUT2D eigenvalue weighted by atomic mass is 19.2. The van der Waals surface area contributed by atoms with Gasteiger partial charge in [-0.25, -0.2) is 13.2 Å². The molecule has 0 amide bonds. The molecule has 0 saturated carbocycles. The van der Waals surface area contributed by atoms with Gasteiger partial charge in [-0.3, -0.25) is 0 Å². The highest BCUT2D eigenvalue weighted by molar-refractivity contribution is 5.55. The maximum Gasteiger partial charge on any atom is 0.166 e. The van der Waals surface area contributed by atoms with E-state index in [0.717, 1.165) is 37.0 Å². The Hall–Kier alpha value is -2.55. The van der Waals surface area contributed by atoms with Gasteiger partial charge in [0.2, 0.25) is 0 Å². The maximum absolute atomic E-state index is 14.4. The molecule has 0 aromatic heterocycles. The molecule has 27 heavy (non-hydrogen) atoms. The van der Waals surface area contributed by atoms with Gasteiger partial charge in [0.15, 0.2) is 11.7 Å². The molecule has 0 aliphatic heterocycles. The predicted molar refractivity (Wildman–Crippen MR) is 112 cm³/mol. The summed E-state index contributed by atoms with van der Waals surface area (Å²) in [7, 11) is 0. The summed E-state index contributed by atoms with van der Waals surface area (Å²) in [4.78, 5) is 0. The first-order chi connectivity index (χ1) is 12.6. The summed E-state index contributed by atoms with van der Waals surface area (Å²) in [5.41, 5.74) is 0.384. The van der Waals surface area contributed by atoms with Crippen molar-refractivity contribution in [1.29, 1.82) is 0 Å². The molecule has 146 valence electrons. The third kappa shape index (κ3) is 8.12. The molecule has 0 bridgehead atoms. The molecule has 0 aromatic carbocycles. The molecule has 1 unspecified atom stereocenters. The van der Waals surface area contributed by atoms with Gasteiger partial charge in [0.05, 0.1) is 0 Å². The fourth-order valence-electron chi connectivity index (χ4n) is 2.03. The van der Waals surface area contributed by atoms with Crippen molar-refractivity contribution in [3.8, 4) is 0 Å². The van der Waals surface area contributed by atoms with Crippen LogP contribution < -0.4 is 0 Å². The molecule has 0 N–H and O–H groups in total. The van der Waals surface area contributed by atoms with E-state index in [1.165, 1.54) is 0 Å². The summed E-state index contributed by atoms with van der Waals surface area (Å²) in [6.07, 6.45) is 8.33. The van der Waals surface area contributed by atoms with Gasteiger partial charge in [0.1, 0.15) is 5.83 Å². The SMILES string of the molecule is C=C/C(F)=C\C(=C)C(=C)/C(F)=C(/F)C(=C)C(=C)/C=C\C(=C)C(C)CCCC. The molecule has 0 aliphatic carbocycles. The summed E-state index contributed by atoms with van der Waals surface area (Å²) in [5.74, 6) is -2.92. The Balaban J connectivity index is 5.22. The summed E-state index contributed by atoms with van der Waals surface area (Å²) in [6, 6.07) is 0. The van der Waals surface area contributed by atoms with Gasteiger partial charge in [0.25, 0.3) is 0 Å². The van der Waals surface area contributed by atoms with E-state index in [9.17, 15) is 13.2 Å². The number of unbranched alkanes of at least 4 members (excludes halogenated alkanes) is 1. The van der Waals surface area contributed by atoms with Gasteiger partial charge in [-0.2, -0.15) is 0 Å². The number of halogens is 3. The zero-order valence-electron chi connectivity index (χ0n) is 16.4. The number of hydrogen-bond acceptors (Lipinski definition) is 0. The minimum atomic E-state index is -1.26. The Kier molecular flexibility index (Phi) is 10.8. The Morgan fingerprint density at radius 3 is 1.89 bits per heavy atom. The van der Waals surface area contributed by atoms with Crippen molar-refractivity contribution in [2.24, 2.45) is 5.92 Å². The smallest absolute Gasteiger partial charge is 0.166 e. The number of allylic oxidation sites excluding steroid dienone is 12. The van der Waals surface area contributed by atoms with E-state index in [2.05, 4.69) is 53.3 Å². The van der Waals surface area contributed by atoms with Crippen LogP contribution in [0.15, 0.2) is 109 Å². The lowest BCUT2D eigenvalue weighted by Gasteiger charge is -2.11. The van der Waals surface area contributed by atoms with Gasteiger partial charge in [-0.1, -0.05) is 83.9 Å². The lowest BCUT2D eigenvalue weighted by molar-refractivity contribution is 0.560. The van der Waals surface area contributed by atoms with Gasteiger partial charge >= 0.3 is 0 Å². The van der Waals surface area contributed by atoms with E-state index in [1.54, 1.807) is 12.2 Å². The Morgan fingerprint density at radius 2 is 1.41 bits per heavy atom. The Labute approximate surface area is 161 Å². The van der Waals surface area contributed by atoms with Crippen LogP contribution in [0, 0.1) is 5.92 Å². The van der Waals surface area contributed by atoms with Gasteiger partial charge < -0.3 is 0 Å². The van der Waals surface area contributed by atoms with Crippen LogP contribution in [-0.2, 0) is 0 Å². The summed E-state index contributed by atoms with van der Waals surface area (Å²) >= 11 is 0. The van der Waals surface area contributed by atoms with Crippen LogP contribution >= 0.6 is 0 Å². The van der Waals surface area contributed by atoms with Crippen LogP contribution in [0.2, 0.25) is 0 Å². The summed E-state index contributed by atoms with van der Waals surface area (Å²) in [5, 5.41) is 0. The second kappa shape index (κ2) is 11.9. The molecule has 0 nitrogen and oxygen atoms in total. The lowest BCUT2D eigenvalue weighted by atomic mass is 9.95. The highest BCUT2D eigenvalue weighted by Crippen LogP contribution is 2.30. The molecule has 3 heteroatoms. The average molecular weight is 374 g/mol. The van der Waals surface area contributed by atoms with E-state index >= 15 is 0 Å². The van der Waals surface area contributed by atoms with E-state index in [4.69, 9.17) is 0 Å². The second-order valence-corrected chi connectivity index (χ2v) is 6.32. The number of rotatable bonds is 12. The van der Waals surface area contributed by atoms with Gasteiger partial charge in [-0.15, -0.1) is 0 Å². The quantitative estimate of drug-likeness (QED) is 0.301. The molecule has 0 spiro atoms. The largest absolute Gasteiger partial charge is 0.207 e. The minimum Gasteiger partial charge on any atom is -0.207 e. The van der Waals surface area contributed by atoms with E-state index < -0.39 is 17.5 Å². The van der Waals surface area contributed by atoms with Crippen molar-refractivity contribution in [2.75, 3.05) is 0 Å². The lowest BCUT2D eigenvalue weighted by Crippen LogP contribution is -1.96. The van der Waals surface area contributed by atoms with Crippen molar-refractivity contribution in [3.05, 3.63) is 109 Å². The molecule has 0 saturated heterocycles. The first kappa shape index (κ1) is 24.5. The van der Waals surface area contributed by atoms with Crippen molar-refractivity contribution in [1.82, 2.24) is 0 Å². The average Bonchev–Trinajstić information content (AvgIpc) is 2.66. The second-order valence-electron chi connectivity index (χ2n) is 6.32. The normalized spacial score (nSPS) is 13.7. The zero-order chi connectivity index (χ0) is 21.1. The fraction of sp³-hybridized carbons (Fsp3) is 0.250. The number of hydrogen-bond donors (Lipinski definition) is 0. The zero-order valence-corrected chi connectivity index (χ0v) is 16.4. The monoisotopic (exact) mass is 374 g/mol. The molecule has 0 rings (SSSR count). The van der Waals surface area contributed by atoms with Crippen LogP contribution in [0.3, 0.4) is 0 Å². The molecular weight excluding hydrogens is 345 g/mol. The molecular formula is C24H29F3. The first-order valence-electron chi connectivity index (χ1n) is 8.75. The minimum absolute atomic E-state index is 0.105. The summed E-state index contributed by atoms with van der Waals surface area (Å²) in [6.45, 7) is 25.5. The third-order valence-corrected chi connectivity index (χ3v) is 4.13. The topological polar surface area (TPSA) is 0 Å². The Bertz CT molecular complexity index is 727. The molecule has 0 fully saturated rings. The molecule has 0 radical (unpaired) electrons. The van der Waals surface area contributed by atoms with Crippen molar-refractivity contribution in [3.63, 3.8) is 0 Å². The van der Waals surface area contributed by atoms with Crippen molar-refractivity contribution >= 4 is 0 Å². The molecule has 0 aliphatic rings. The fourth-order valence-corrected chi connectivity index (χ4v) is 2.03. The van der Waals surface area contributed by atoms with Crippen LogP contribution in [0.25, 0.3) is 0 Å². The third-order valence-electron chi connectivity index (χ3n) is 4.13. The Morgan fingerprint density at radius 1 is 0.889 bits per heavy atom. The van der Waals surface area contributed by atoms with E-state index in [0.29, 0.717) is 0 Å². The molecule has 0 heterocycles. The van der Waals surface area contributed by atoms with Crippen LogP contribution in [0.4, 0.5) is 13.2 Å².